The molecule has 4 nitrogen and oxygen atoms in total. The molecule has 0 saturated heterocycles. The summed E-state index contributed by atoms with van der Waals surface area (Å²) in [4.78, 5) is 0. The maximum Gasteiger partial charge on any atom is 0.234 e. The summed E-state index contributed by atoms with van der Waals surface area (Å²) >= 11 is 6.01. The van der Waals surface area contributed by atoms with Crippen LogP contribution in [-0.2, 0) is 0 Å². The predicted molar refractivity (Wildman–Crippen MR) is 56.6 cm³/mol. The average molecular weight is 212 g/mol. The first-order valence-corrected chi connectivity index (χ1v) is 4.68. The Hall–Kier alpha value is -1.26. The summed E-state index contributed by atoms with van der Waals surface area (Å²) in [5.74, 6) is 0.580. The molecule has 1 aromatic heterocycles. The van der Waals surface area contributed by atoms with E-state index in [4.69, 9.17) is 21.9 Å². The quantitative estimate of drug-likeness (QED) is 0.814. The van der Waals surface area contributed by atoms with Gasteiger partial charge in [-0.25, -0.2) is 0 Å². The molecule has 74 valence electrons. The van der Waals surface area contributed by atoms with E-state index in [2.05, 4.69) is 10.5 Å². The zero-order chi connectivity index (χ0) is 9.97. The van der Waals surface area contributed by atoms with E-state index < -0.39 is 0 Å². The van der Waals surface area contributed by atoms with Crippen LogP contribution in [0, 0.1) is 0 Å². The van der Waals surface area contributed by atoms with Gasteiger partial charge in [-0.2, -0.15) is 0 Å². The van der Waals surface area contributed by atoms with Crippen molar-refractivity contribution < 1.29 is 4.52 Å². The second-order valence-electron chi connectivity index (χ2n) is 2.86. The van der Waals surface area contributed by atoms with Crippen molar-refractivity contribution in [1.82, 2.24) is 5.16 Å². The van der Waals surface area contributed by atoms with Crippen LogP contribution in [0.5, 0.6) is 0 Å². The minimum absolute atomic E-state index is 0.534. The highest BCUT2D eigenvalue weighted by molar-refractivity contribution is 6.36. The van der Waals surface area contributed by atoms with Gasteiger partial charge in [0.1, 0.15) is 5.52 Å². The van der Waals surface area contributed by atoms with E-state index in [9.17, 15) is 0 Å². The molecule has 2 rings (SSSR count). The van der Waals surface area contributed by atoms with Crippen molar-refractivity contribution in [3.8, 4) is 0 Å². The van der Waals surface area contributed by atoms with E-state index in [1.165, 1.54) is 0 Å². The van der Waals surface area contributed by atoms with E-state index in [1.54, 1.807) is 6.07 Å². The van der Waals surface area contributed by atoms with Gasteiger partial charge < -0.3 is 15.6 Å². The van der Waals surface area contributed by atoms with E-state index in [-0.39, 0.29) is 0 Å². The van der Waals surface area contributed by atoms with Crippen LogP contribution in [0.1, 0.15) is 0 Å². The van der Waals surface area contributed by atoms with Crippen LogP contribution >= 0.6 is 11.6 Å². The Bertz CT molecular complexity index is 441. The fourth-order valence-electron chi connectivity index (χ4n) is 1.26. The molecule has 14 heavy (non-hydrogen) atoms. The highest BCUT2D eigenvalue weighted by Crippen LogP contribution is 2.29. The van der Waals surface area contributed by atoms with Crippen LogP contribution in [0.15, 0.2) is 22.7 Å². The third-order valence-electron chi connectivity index (χ3n) is 1.88. The summed E-state index contributed by atoms with van der Waals surface area (Å²) in [6.07, 6.45) is 0. The molecule has 0 amide bonds. The average Bonchev–Trinajstić information content (AvgIpc) is 2.59. The van der Waals surface area contributed by atoms with Gasteiger partial charge in [0.2, 0.25) is 5.88 Å². The minimum Gasteiger partial charge on any atom is -0.352 e. The lowest BCUT2D eigenvalue weighted by Gasteiger charge is -1.99. The minimum atomic E-state index is 0.534. The van der Waals surface area contributed by atoms with E-state index in [0.29, 0.717) is 24.0 Å². The first-order valence-electron chi connectivity index (χ1n) is 4.31. The van der Waals surface area contributed by atoms with Crippen molar-refractivity contribution in [2.45, 2.75) is 0 Å². The highest BCUT2D eigenvalue weighted by Gasteiger charge is 2.10. The first kappa shape index (κ1) is 9.30. The van der Waals surface area contributed by atoms with Crippen molar-refractivity contribution in [2.24, 2.45) is 5.73 Å². The third-order valence-corrected chi connectivity index (χ3v) is 2.20. The van der Waals surface area contributed by atoms with Crippen LogP contribution in [-0.4, -0.2) is 18.2 Å². The number of fused-ring (bicyclic) bond motifs is 1. The van der Waals surface area contributed by atoms with Gasteiger partial charge in [-0.1, -0.05) is 22.8 Å². The summed E-state index contributed by atoms with van der Waals surface area (Å²) in [6, 6.07) is 5.48. The van der Waals surface area contributed by atoms with Crippen LogP contribution in [0.2, 0.25) is 5.02 Å². The molecular weight excluding hydrogens is 202 g/mol. The van der Waals surface area contributed by atoms with Crippen LogP contribution in [0.4, 0.5) is 5.88 Å². The fourth-order valence-corrected chi connectivity index (χ4v) is 1.52. The molecule has 0 saturated carbocycles. The molecule has 3 N–H and O–H groups in total. The molecule has 0 aliphatic carbocycles. The first-order chi connectivity index (χ1) is 6.83. The number of rotatable bonds is 3. The Morgan fingerprint density at radius 2 is 2.36 bits per heavy atom. The summed E-state index contributed by atoms with van der Waals surface area (Å²) in [5.41, 5.74) is 6.12. The molecule has 1 aromatic carbocycles. The molecule has 0 fully saturated rings. The standard InChI is InChI=1S/C9H10ClN3O/c10-6-2-1-3-7-8(6)9(14-13-7)12-5-4-11/h1-3,12H,4-5,11H2. The summed E-state index contributed by atoms with van der Waals surface area (Å²) < 4.78 is 5.10. The zero-order valence-electron chi connectivity index (χ0n) is 7.46. The summed E-state index contributed by atoms with van der Waals surface area (Å²) in [5, 5.41) is 8.33. The fraction of sp³-hybridized carbons (Fsp3) is 0.222. The van der Waals surface area contributed by atoms with Crippen LogP contribution in [0.25, 0.3) is 10.9 Å². The van der Waals surface area contributed by atoms with Gasteiger partial charge >= 0.3 is 0 Å². The van der Waals surface area contributed by atoms with Crippen molar-refractivity contribution >= 4 is 28.4 Å². The van der Waals surface area contributed by atoms with Crippen LogP contribution < -0.4 is 11.1 Å². The molecule has 5 heteroatoms. The monoisotopic (exact) mass is 211 g/mol. The number of aromatic nitrogens is 1. The number of halogens is 1. The third kappa shape index (κ3) is 1.54. The molecule has 0 bridgehead atoms. The van der Waals surface area contributed by atoms with Crippen molar-refractivity contribution in [2.75, 3.05) is 18.4 Å². The van der Waals surface area contributed by atoms with Crippen molar-refractivity contribution in [3.63, 3.8) is 0 Å². The molecule has 0 unspecified atom stereocenters. The Morgan fingerprint density at radius 3 is 3.14 bits per heavy atom. The van der Waals surface area contributed by atoms with Gasteiger partial charge in [-0.05, 0) is 12.1 Å². The molecular formula is C9H10ClN3O. The van der Waals surface area contributed by atoms with E-state index >= 15 is 0 Å². The zero-order valence-corrected chi connectivity index (χ0v) is 8.21. The lowest BCUT2D eigenvalue weighted by atomic mass is 10.2. The number of hydrogen-bond donors (Lipinski definition) is 2. The molecule has 0 atom stereocenters. The normalized spacial score (nSPS) is 10.7. The Kier molecular flexibility index (Phi) is 2.56. The predicted octanol–water partition coefficient (Wildman–Crippen LogP) is 1.85. The van der Waals surface area contributed by atoms with Gasteiger partial charge in [0.25, 0.3) is 0 Å². The SMILES string of the molecule is NCCNc1onc2cccc(Cl)c12. The van der Waals surface area contributed by atoms with Crippen molar-refractivity contribution in [1.29, 1.82) is 0 Å². The molecule has 0 spiro atoms. The highest BCUT2D eigenvalue weighted by atomic mass is 35.5. The van der Waals surface area contributed by atoms with Gasteiger partial charge in [0.05, 0.1) is 10.4 Å². The van der Waals surface area contributed by atoms with Gasteiger partial charge in [0, 0.05) is 13.1 Å². The van der Waals surface area contributed by atoms with E-state index in [1.807, 2.05) is 12.1 Å². The van der Waals surface area contributed by atoms with E-state index in [0.717, 1.165) is 10.9 Å². The summed E-state index contributed by atoms with van der Waals surface area (Å²) in [6.45, 7) is 1.17. The topological polar surface area (TPSA) is 64.1 Å². The second kappa shape index (κ2) is 3.86. The number of nitrogens with zero attached hydrogens (tertiary/aromatic N) is 1. The Morgan fingerprint density at radius 1 is 1.50 bits per heavy atom. The van der Waals surface area contributed by atoms with Gasteiger partial charge in [-0.3, -0.25) is 0 Å². The van der Waals surface area contributed by atoms with Gasteiger partial charge in [-0.15, -0.1) is 0 Å². The number of nitrogens with one attached hydrogen (secondary N) is 1. The molecule has 0 aliphatic heterocycles. The second-order valence-corrected chi connectivity index (χ2v) is 3.27. The number of benzene rings is 1. The van der Waals surface area contributed by atoms with Gasteiger partial charge in [0.15, 0.2) is 0 Å². The van der Waals surface area contributed by atoms with Crippen molar-refractivity contribution in [3.05, 3.63) is 23.2 Å². The largest absolute Gasteiger partial charge is 0.352 e. The molecule has 0 radical (unpaired) electrons. The van der Waals surface area contributed by atoms with Crippen LogP contribution in [0.3, 0.4) is 0 Å². The number of nitrogens with two attached hydrogens (primary N) is 1. The maximum absolute atomic E-state index is 6.01. The Balaban J connectivity index is 2.45. The molecule has 2 aromatic rings. The Labute approximate surface area is 86.0 Å². The lowest BCUT2D eigenvalue weighted by molar-refractivity contribution is 0.441. The number of anilines is 1. The maximum atomic E-state index is 6.01. The smallest absolute Gasteiger partial charge is 0.234 e. The summed E-state index contributed by atoms with van der Waals surface area (Å²) in [7, 11) is 0. The lowest BCUT2D eigenvalue weighted by Crippen LogP contribution is -2.12. The molecule has 0 aliphatic rings. The molecule has 1 heterocycles. The number of hydrogen-bond acceptors (Lipinski definition) is 4.